The van der Waals surface area contributed by atoms with Gasteiger partial charge in [0.1, 0.15) is 0 Å². The normalized spacial score (nSPS) is 13.1. The van der Waals surface area contributed by atoms with Crippen LogP contribution in [-0.2, 0) is 17.1 Å². The van der Waals surface area contributed by atoms with Crippen LogP contribution in [0.25, 0.3) is 10.2 Å². The molecule has 0 N–H and O–H groups in total. The van der Waals surface area contributed by atoms with Crippen molar-refractivity contribution in [2.45, 2.75) is 46.4 Å². The second-order valence-corrected chi connectivity index (χ2v) is 12.3. The van der Waals surface area contributed by atoms with Crippen LogP contribution in [-0.4, -0.2) is 36.3 Å². The molecule has 2 aromatic carbocycles. The Hall–Kier alpha value is -2.29. The average Bonchev–Trinajstić information content (AvgIpc) is 3.05. The van der Waals surface area contributed by atoms with Crippen LogP contribution in [0.2, 0.25) is 0 Å². The van der Waals surface area contributed by atoms with Crippen molar-refractivity contribution in [1.82, 2.24) is 8.87 Å². The van der Waals surface area contributed by atoms with Crippen LogP contribution in [0.4, 0.5) is 0 Å². The number of amides is 1. The first kappa shape index (κ1) is 25.3. The van der Waals surface area contributed by atoms with E-state index in [1.54, 1.807) is 12.1 Å². The van der Waals surface area contributed by atoms with Crippen molar-refractivity contribution in [3.8, 4) is 0 Å². The zero-order valence-electron chi connectivity index (χ0n) is 20.4. The van der Waals surface area contributed by atoms with Crippen molar-refractivity contribution in [2.24, 2.45) is 23.9 Å². The van der Waals surface area contributed by atoms with Crippen LogP contribution in [0.15, 0.2) is 46.3 Å². The summed E-state index contributed by atoms with van der Waals surface area (Å²) in [6.45, 7) is 13.1. The topological polar surface area (TPSA) is 71.7 Å². The highest BCUT2D eigenvalue weighted by atomic mass is 32.2. The Morgan fingerprint density at radius 3 is 2.12 bits per heavy atom. The summed E-state index contributed by atoms with van der Waals surface area (Å²) in [5.74, 6) is 0.0389. The number of aromatic nitrogens is 1. The molecule has 0 unspecified atom stereocenters. The number of carbonyl (C=O) groups is 1. The zero-order valence-corrected chi connectivity index (χ0v) is 22.0. The quantitative estimate of drug-likeness (QED) is 0.476. The van der Waals surface area contributed by atoms with E-state index < -0.39 is 15.9 Å². The minimum absolute atomic E-state index is 0.193. The van der Waals surface area contributed by atoms with Gasteiger partial charge in [0.2, 0.25) is 10.0 Å². The smallest absolute Gasteiger partial charge is 0.279 e. The monoisotopic (exact) mass is 487 g/mol. The van der Waals surface area contributed by atoms with Crippen LogP contribution in [0.1, 0.15) is 49.2 Å². The molecule has 0 saturated carbocycles. The maximum absolute atomic E-state index is 13.2. The summed E-state index contributed by atoms with van der Waals surface area (Å²) in [6, 6.07) is 10.2. The van der Waals surface area contributed by atoms with Crippen LogP contribution < -0.4 is 4.80 Å². The maximum Gasteiger partial charge on any atom is 0.279 e. The van der Waals surface area contributed by atoms with E-state index in [-0.39, 0.29) is 16.7 Å². The number of fused-ring (bicyclic) bond motifs is 1. The van der Waals surface area contributed by atoms with Crippen molar-refractivity contribution in [1.29, 1.82) is 0 Å². The molecule has 1 aromatic heterocycles. The van der Waals surface area contributed by atoms with E-state index in [0.717, 1.165) is 10.2 Å². The molecule has 3 aromatic rings. The first-order chi connectivity index (χ1) is 15.4. The van der Waals surface area contributed by atoms with E-state index in [4.69, 9.17) is 0 Å². The summed E-state index contributed by atoms with van der Waals surface area (Å²) in [5, 5.41) is 0. The van der Waals surface area contributed by atoms with Gasteiger partial charge in [0.05, 0.1) is 15.1 Å². The lowest BCUT2D eigenvalue weighted by Crippen LogP contribution is -2.37. The number of nitrogens with zero attached hydrogens (tertiary/aromatic N) is 3. The molecule has 0 aliphatic heterocycles. The Bertz CT molecular complexity index is 1320. The number of sulfonamides is 1. The van der Waals surface area contributed by atoms with E-state index in [2.05, 4.69) is 24.9 Å². The fraction of sp³-hybridized carbons (Fsp3) is 0.440. The zero-order chi connectivity index (χ0) is 24.5. The molecule has 0 spiro atoms. The van der Waals surface area contributed by atoms with Gasteiger partial charge in [-0.3, -0.25) is 4.79 Å². The van der Waals surface area contributed by atoms with Gasteiger partial charge in [-0.15, -0.1) is 0 Å². The lowest BCUT2D eigenvalue weighted by Gasteiger charge is -2.25. The molecular formula is C25H33N3O3S2. The molecule has 3 rings (SSSR count). The number of rotatable bonds is 7. The van der Waals surface area contributed by atoms with E-state index in [1.165, 1.54) is 38.9 Å². The van der Waals surface area contributed by atoms with Gasteiger partial charge in [-0.05, 0) is 67.1 Å². The number of hydrogen-bond acceptors (Lipinski definition) is 4. The summed E-state index contributed by atoms with van der Waals surface area (Å²) in [5.41, 5.74) is 3.79. The Morgan fingerprint density at radius 2 is 1.58 bits per heavy atom. The third-order valence-corrected chi connectivity index (χ3v) is 8.51. The fourth-order valence-electron chi connectivity index (χ4n) is 3.79. The molecule has 1 amide bonds. The van der Waals surface area contributed by atoms with Crippen molar-refractivity contribution in [3.63, 3.8) is 0 Å². The Balaban J connectivity index is 1.93. The standard InChI is InChI=1S/C25H33N3O3S2/c1-16(2)14-28(15-17(3)4)33(30,31)21-11-9-20(10-12-21)24(29)26-25-27(7)23-19(6)18(5)8-13-22(23)32-25/h8-13,16-17H,14-15H2,1-7H3. The number of benzene rings is 2. The molecule has 0 atom stereocenters. The van der Waals surface area contributed by atoms with Crippen LogP contribution >= 0.6 is 11.3 Å². The van der Waals surface area contributed by atoms with Crippen LogP contribution in [0.3, 0.4) is 0 Å². The molecule has 33 heavy (non-hydrogen) atoms. The van der Waals surface area contributed by atoms with Gasteiger partial charge < -0.3 is 4.57 Å². The molecule has 178 valence electrons. The van der Waals surface area contributed by atoms with E-state index in [0.29, 0.717) is 23.5 Å². The van der Waals surface area contributed by atoms with Gasteiger partial charge in [0.25, 0.3) is 5.91 Å². The number of hydrogen-bond donors (Lipinski definition) is 0. The van der Waals surface area contributed by atoms with E-state index >= 15 is 0 Å². The molecule has 0 fully saturated rings. The van der Waals surface area contributed by atoms with Gasteiger partial charge in [-0.25, -0.2) is 8.42 Å². The van der Waals surface area contributed by atoms with E-state index in [9.17, 15) is 13.2 Å². The lowest BCUT2D eigenvalue weighted by molar-refractivity contribution is 0.0998. The van der Waals surface area contributed by atoms with Gasteiger partial charge in [-0.1, -0.05) is 45.1 Å². The van der Waals surface area contributed by atoms with Gasteiger partial charge >= 0.3 is 0 Å². The molecule has 8 heteroatoms. The van der Waals surface area contributed by atoms with Gasteiger partial charge in [-0.2, -0.15) is 9.30 Å². The van der Waals surface area contributed by atoms with Crippen molar-refractivity contribution in [3.05, 3.63) is 57.9 Å². The van der Waals surface area contributed by atoms with Crippen LogP contribution in [0.5, 0.6) is 0 Å². The SMILES string of the molecule is Cc1ccc2sc(=NC(=O)c3ccc(S(=O)(=O)N(CC(C)C)CC(C)C)cc3)n(C)c2c1C. The minimum atomic E-state index is -3.64. The third-order valence-electron chi connectivity index (χ3n) is 5.56. The predicted octanol–water partition coefficient (Wildman–Crippen LogP) is 4.90. The summed E-state index contributed by atoms with van der Waals surface area (Å²) in [7, 11) is -1.73. The molecule has 0 radical (unpaired) electrons. The van der Waals surface area contributed by atoms with Crippen LogP contribution in [0, 0.1) is 25.7 Å². The van der Waals surface area contributed by atoms with Gasteiger partial charge in [0.15, 0.2) is 4.80 Å². The molecule has 0 saturated heterocycles. The number of thiazole rings is 1. The first-order valence-electron chi connectivity index (χ1n) is 11.2. The second-order valence-electron chi connectivity index (χ2n) is 9.35. The Morgan fingerprint density at radius 1 is 1.00 bits per heavy atom. The number of aryl methyl sites for hydroxylation is 3. The molecule has 6 nitrogen and oxygen atoms in total. The Kier molecular flexibility index (Phi) is 7.61. The summed E-state index contributed by atoms with van der Waals surface area (Å²) < 4.78 is 30.9. The Labute approximate surface area is 200 Å². The molecular weight excluding hydrogens is 454 g/mol. The summed E-state index contributed by atoms with van der Waals surface area (Å²) in [6.07, 6.45) is 0. The number of carbonyl (C=O) groups excluding carboxylic acids is 1. The largest absolute Gasteiger partial charge is 0.319 e. The fourth-order valence-corrected chi connectivity index (χ4v) is 6.63. The van der Waals surface area contributed by atoms with Crippen molar-refractivity contribution >= 4 is 37.5 Å². The molecule has 0 aliphatic carbocycles. The highest BCUT2D eigenvalue weighted by Gasteiger charge is 2.26. The molecule has 1 heterocycles. The third kappa shape index (κ3) is 5.45. The maximum atomic E-state index is 13.2. The predicted molar refractivity (Wildman–Crippen MR) is 135 cm³/mol. The molecule has 0 bridgehead atoms. The molecule has 0 aliphatic rings. The summed E-state index contributed by atoms with van der Waals surface area (Å²) in [4.78, 5) is 18.0. The highest BCUT2D eigenvalue weighted by Crippen LogP contribution is 2.23. The van der Waals surface area contributed by atoms with Crippen molar-refractivity contribution in [2.75, 3.05) is 13.1 Å². The van der Waals surface area contributed by atoms with Gasteiger partial charge in [0, 0.05) is 25.7 Å². The minimum Gasteiger partial charge on any atom is -0.319 e. The van der Waals surface area contributed by atoms with Crippen molar-refractivity contribution < 1.29 is 13.2 Å². The summed E-state index contributed by atoms with van der Waals surface area (Å²) >= 11 is 1.47. The average molecular weight is 488 g/mol. The highest BCUT2D eigenvalue weighted by molar-refractivity contribution is 7.89. The van der Waals surface area contributed by atoms with E-state index in [1.807, 2.05) is 45.4 Å². The second kappa shape index (κ2) is 9.91. The lowest BCUT2D eigenvalue weighted by atomic mass is 10.1. The first-order valence-corrected chi connectivity index (χ1v) is 13.4.